The van der Waals surface area contributed by atoms with E-state index in [0.29, 0.717) is 24.2 Å². The quantitative estimate of drug-likeness (QED) is 0.748. The second-order valence-corrected chi connectivity index (χ2v) is 6.80. The minimum atomic E-state index is 0.0422. The second kappa shape index (κ2) is 7.98. The van der Waals surface area contributed by atoms with Crippen molar-refractivity contribution in [1.82, 2.24) is 4.98 Å². The number of pyridine rings is 1. The molecule has 6 heteroatoms. The molecule has 5 nitrogen and oxygen atoms in total. The van der Waals surface area contributed by atoms with E-state index in [0.717, 1.165) is 21.9 Å². The summed E-state index contributed by atoms with van der Waals surface area (Å²) >= 11 is 1.41. The van der Waals surface area contributed by atoms with Gasteiger partial charge in [-0.15, -0.1) is 16.9 Å². The van der Waals surface area contributed by atoms with E-state index in [4.69, 9.17) is 0 Å². The summed E-state index contributed by atoms with van der Waals surface area (Å²) in [7, 11) is 0. The van der Waals surface area contributed by atoms with Crippen LogP contribution in [0, 0.1) is 0 Å². The predicted molar refractivity (Wildman–Crippen MR) is 100 cm³/mol. The van der Waals surface area contributed by atoms with Crippen LogP contribution in [-0.4, -0.2) is 33.1 Å². The Morgan fingerprint density at radius 3 is 2.80 bits per heavy atom. The number of hydrogen-bond acceptors (Lipinski definition) is 6. The minimum absolute atomic E-state index is 0.0422. The molecular formula is C19H17N3O2S. The summed E-state index contributed by atoms with van der Waals surface area (Å²) in [5.74, 6) is 0.565. The fourth-order valence-electron chi connectivity index (χ4n) is 2.42. The van der Waals surface area contributed by atoms with Crippen molar-refractivity contribution in [3.8, 4) is 0 Å². The standard InChI is InChI=1S/C19H17N3O2S/c1-13(23)12-25-19-10-17(21-22-19)15-5-2-6-16(9-15)18(24)8-14-4-3-7-20-11-14/h2-7,9,11H,8,10,12H2,1H3. The van der Waals surface area contributed by atoms with Crippen LogP contribution in [0.5, 0.6) is 0 Å². The van der Waals surface area contributed by atoms with Gasteiger partial charge >= 0.3 is 0 Å². The van der Waals surface area contributed by atoms with Crippen LogP contribution in [0.25, 0.3) is 0 Å². The number of aromatic nitrogens is 1. The van der Waals surface area contributed by atoms with Gasteiger partial charge in [-0.1, -0.05) is 24.3 Å². The van der Waals surface area contributed by atoms with Crippen LogP contribution < -0.4 is 0 Å². The molecule has 0 fully saturated rings. The molecule has 0 aliphatic carbocycles. The molecule has 0 unspecified atom stereocenters. The van der Waals surface area contributed by atoms with Crippen molar-refractivity contribution in [2.45, 2.75) is 19.8 Å². The first-order chi connectivity index (χ1) is 12.1. The molecule has 0 saturated heterocycles. The Hall–Kier alpha value is -2.60. The normalized spacial score (nSPS) is 13.3. The third-order valence-corrected chi connectivity index (χ3v) is 4.76. The van der Waals surface area contributed by atoms with Gasteiger partial charge in [0.25, 0.3) is 0 Å². The Kier molecular flexibility index (Phi) is 5.50. The van der Waals surface area contributed by atoms with E-state index in [-0.39, 0.29) is 11.6 Å². The van der Waals surface area contributed by atoms with Crippen molar-refractivity contribution in [2.24, 2.45) is 10.2 Å². The lowest BCUT2D eigenvalue weighted by Gasteiger charge is -2.05. The van der Waals surface area contributed by atoms with E-state index >= 15 is 0 Å². The molecule has 126 valence electrons. The molecule has 1 aromatic carbocycles. The highest BCUT2D eigenvalue weighted by molar-refractivity contribution is 8.14. The van der Waals surface area contributed by atoms with Crippen LogP contribution in [0.4, 0.5) is 0 Å². The molecule has 1 aromatic heterocycles. The Labute approximate surface area is 150 Å². The lowest BCUT2D eigenvalue weighted by atomic mass is 10.00. The molecule has 0 amide bonds. The van der Waals surface area contributed by atoms with Crippen LogP contribution in [-0.2, 0) is 11.2 Å². The number of Topliss-reactive ketones (excluding diaryl/α,β-unsaturated/α-hetero) is 2. The molecule has 0 radical (unpaired) electrons. The van der Waals surface area contributed by atoms with Crippen LogP contribution in [0.15, 0.2) is 59.0 Å². The number of thioether (sulfide) groups is 1. The van der Waals surface area contributed by atoms with Crippen molar-refractivity contribution in [2.75, 3.05) is 5.75 Å². The Morgan fingerprint density at radius 1 is 1.16 bits per heavy atom. The number of hydrogen-bond donors (Lipinski definition) is 0. The van der Waals surface area contributed by atoms with Crippen molar-refractivity contribution in [1.29, 1.82) is 0 Å². The largest absolute Gasteiger partial charge is 0.299 e. The summed E-state index contributed by atoms with van der Waals surface area (Å²) in [6.45, 7) is 1.56. The molecule has 1 aliphatic heterocycles. The van der Waals surface area contributed by atoms with Crippen LogP contribution >= 0.6 is 11.8 Å². The first-order valence-corrected chi connectivity index (χ1v) is 8.88. The first kappa shape index (κ1) is 17.2. The lowest BCUT2D eigenvalue weighted by molar-refractivity contribution is -0.114. The molecule has 2 aromatic rings. The Bertz CT molecular complexity index is 860. The van der Waals surface area contributed by atoms with Crippen LogP contribution in [0.1, 0.15) is 34.8 Å². The van der Waals surface area contributed by atoms with Crippen LogP contribution in [0.3, 0.4) is 0 Å². The summed E-state index contributed by atoms with van der Waals surface area (Å²) in [5.41, 5.74) is 3.25. The third-order valence-electron chi connectivity index (χ3n) is 3.65. The topological polar surface area (TPSA) is 71.8 Å². The van der Waals surface area contributed by atoms with Crippen molar-refractivity contribution >= 4 is 34.1 Å². The van der Waals surface area contributed by atoms with Gasteiger partial charge in [0.1, 0.15) is 10.8 Å². The monoisotopic (exact) mass is 351 g/mol. The summed E-state index contributed by atoms with van der Waals surface area (Å²) in [4.78, 5) is 27.6. The fourth-order valence-corrected chi connectivity index (χ4v) is 3.12. The molecule has 3 rings (SSSR count). The second-order valence-electron chi connectivity index (χ2n) is 5.75. The van der Waals surface area contributed by atoms with Gasteiger partial charge in [-0.3, -0.25) is 14.6 Å². The van der Waals surface area contributed by atoms with Gasteiger partial charge in [0.15, 0.2) is 5.78 Å². The number of benzene rings is 1. The van der Waals surface area contributed by atoms with Gasteiger partial charge in [-0.05, 0) is 30.2 Å². The SMILES string of the molecule is CC(=O)CSC1=NN=C(c2cccc(C(=O)Cc3cccnc3)c2)C1. The average molecular weight is 351 g/mol. The van der Waals surface area contributed by atoms with E-state index in [1.165, 1.54) is 11.8 Å². The van der Waals surface area contributed by atoms with E-state index < -0.39 is 0 Å². The number of carbonyl (C=O) groups is 2. The maximum Gasteiger partial charge on any atom is 0.167 e. The highest BCUT2D eigenvalue weighted by atomic mass is 32.2. The molecule has 0 saturated carbocycles. The maximum atomic E-state index is 12.5. The van der Waals surface area contributed by atoms with E-state index in [1.54, 1.807) is 19.3 Å². The zero-order valence-electron chi connectivity index (χ0n) is 13.8. The zero-order valence-corrected chi connectivity index (χ0v) is 14.6. The average Bonchev–Trinajstić information content (AvgIpc) is 3.10. The molecule has 25 heavy (non-hydrogen) atoms. The number of carbonyl (C=O) groups excluding carboxylic acids is 2. The number of rotatable bonds is 6. The first-order valence-electron chi connectivity index (χ1n) is 7.90. The van der Waals surface area contributed by atoms with Gasteiger partial charge in [-0.2, -0.15) is 5.10 Å². The van der Waals surface area contributed by atoms with Gasteiger partial charge in [0.2, 0.25) is 0 Å². The molecule has 0 spiro atoms. The summed E-state index contributed by atoms with van der Waals surface area (Å²) in [6, 6.07) is 11.2. The van der Waals surface area contributed by atoms with Crippen molar-refractivity contribution in [3.63, 3.8) is 0 Å². The molecule has 0 bridgehead atoms. The lowest BCUT2D eigenvalue weighted by Crippen LogP contribution is -2.07. The van der Waals surface area contributed by atoms with Crippen molar-refractivity contribution in [3.05, 3.63) is 65.5 Å². The number of ketones is 2. The van der Waals surface area contributed by atoms with E-state index in [1.807, 2.05) is 36.4 Å². The van der Waals surface area contributed by atoms with Gasteiger partial charge in [0.05, 0.1) is 11.5 Å². The molecular weight excluding hydrogens is 334 g/mol. The predicted octanol–water partition coefficient (Wildman–Crippen LogP) is 3.34. The Morgan fingerprint density at radius 2 is 2.04 bits per heavy atom. The summed E-state index contributed by atoms with van der Waals surface area (Å²) in [6.07, 6.45) is 4.31. The minimum Gasteiger partial charge on any atom is -0.299 e. The number of nitrogens with zero attached hydrogens (tertiary/aromatic N) is 3. The van der Waals surface area contributed by atoms with Crippen LogP contribution in [0.2, 0.25) is 0 Å². The van der Waals surface area contributed by atoms with E-state index in [2.05, 4.69) is 15.2 Å². The maximum absolute atomic E-state index is 12.5. The Balaban J connectivity index is 1.66. The summed E-state index contributed by atoms with van der Waals surface area (Å²) in [5, 5.41) is 9.16. The smallest absolute Gasteiger partial charge is 0.167 e. The van der Waals surface area contributed by atoms with Gasteiger partial charge in [0, 0.05) is 30.8 Å². The zero-order chi connectivity index (χ0) is 17.6. The van der Waals surface area contributed by atoms with Gasteiger partial charge < -0.3 is 0 Å². The molecule has 2 heterocycles. The molecule has 0 atom stereocenters. The third kappa shape index (κ3) is 4.70. The molecule has 1 aliphatic rings. The fraction of sp³-hybridized carbons (Fsp3) is 0.211. The highest BCUT2D eigenvalue weighted by Gasteiger charge is 2.17. The highest BCUT2D eigenvalue weighted by Crippen LogP contribution is 2.20. The van der Waals surface area contributed by atoms with Crippen molar-refractivity contribution < 1.29 is 9.59 Å². The molecule has 0 N–H and O–H groups in total. The summed E-state index contributed by atoms with van der Waals surface area (Å²) < 4.78 is 0. The van der Waals surface area contributed by atoms with E-state index in [9.17, 15) is 9.59 Å². The van der Waals surface area contributed by atoms with Gasteiger partial charge in [-0.25, -0.2) is 0 Å².